The number of fused-ring (bicyclic) bond motifs is 1. The van der Waals surface area contributed by atoms with Crippen LogP contribution in [0.5, 0.6) is 0 Å². The monoisotopic (exact) mass is 403 g/mol. The minimum absolute atomic E-state index is 0.0486. The van der Waals surface area contributed by atoms with Gasteiger partial charge in [0.1, 0.15) is 11.1 Å². The second-order valence-corrected chi connectivity index (χ2v) is 8.86. The third-order valence-corrected chi connectivity index (χ3v) is 4.76. The number of para-hydroxylation sites is 1. The van der Waals surface area contributed by atoms with E-state index in [2.05, 4.69) is 18.8 Å². The first kappa shape index (κ1) is 21.0. The second-order valence-electron chi connectivity index (χ2n) is 8.86. The summed E-state index contributed by atoms with van der Waals surface area (Å²) in [5.41, 5.74) is 0.341. The number of hydrogen-bond acceptors (Lipinski definition) is 6. The van der Waals surface area contributed by atoms with E-state index in [0.717, 1.165) is 6.42 Å². The number of aromatic nitrogens is 1. The van der Waals surface area contributed by atoms with Crippen LogP contribution < -0.4 is 4.90 Å². The smallest absolute Gasteiger partial charge is 0.410 e. The van der Waals surface area contributed by atoms with Crippen molar-refractivity contribution < 1.29 is 23.8 Å². The first-order chi connectivity index (χ1) is 13.5. The minimum atomic E-state index is -1.04. The number of carbonyl (C=O) groups excluding carboxylic acids is 1. The van der Waals surface area contributed by atoms with Crippen LogP contribution >= 0.6 is 0 Å². The molecule has 2 aromatic rings. The number of ether oxygens (including phenoxy) is 1. The van der Waals surface area contributed by atoms with Crippen LogP contribution in [-0.4, -0.2) is 58.3 Å². The maximum absolute atomic E-state index is 12.7. The molecule has 0 unspecified atom stereocenters. The molecule has 1 aromatic heterocycles. The summed E-state index contributed by atoms with van der Waals surface area (Å²) < 4.78 is 11.4. The van der Waals surface area contributed by atoms with Gasteiger partial charge in [0.15, 0.2) is 5.58 Å². The van der Waals surface area contributed by atoms with Crippen LogP contribution in [0.25, 0.3) is 11.1 Å². The summed E-state index contributed by atoms with van der Waals surface area (Å²) in [7, 11) is 0. The van der Waals surface area contributed by atoms with E-state index in [9.17, 15) is 14.7 Å². The Morgan fingerprint density at radius 2 is 2.03 bits per heavy atom. The number of amides is 1. The molecular formula is C21H29N3O5. The van der Waals surface area contributed by atoms with Gasteiger partial charge in [-0.3, -0.25) is 0 Å². The van der Waals surface area contributed by atoms with Crippen molar-refractivity contribution in [2.24, 2.45) is 5.92 Å². The molecule has 1 aromatic carbocycles. The third kappa shape index (κ3) is 4.81. The van der Waals surface area contributed by atoms with Crippen molar-refractivity contribution in [2.45, 2.75) is 52.7 Å². The molecule has 2 heterocycles. The average molecular weight is 403 g/mol. The van der Waals surface area contributed by atoms with Crippen molar-refractivity contribution in [3.63, 3.8) is 0 Å². The van der Waals surface area contributed by atoms with Gasteiger partial charge in [0.05, 0.1) is 11.6 Å². The number of carboxylic acid groups (broad SMARTS) is 1. The molecule has 0 bridgehead atoms. The summed E-state index contributed by atoms with van der Waals surface area (Å²) in [6, 6.07) is 5.20. The Morgan fingerprint density at radius 1 is 1.31 bits per heavy atom. The van der Waals surface area contributed by atoms with Gasteiger partial charge in [0, 0.05) is 19.6 Å². The molecule has 1 atom stereocenters. The Labute approximate surface area is 170 Å². The maximum atomic E-state index is 12.7. The number of nitrogens with zero attached hydrogens (tertiary/aromatic N) is 3. The number of carbonyl (C=O) groups is 2. The number of hydrogen-bond donors (Lipinski definition) is 1. The molecule has 0 aliphatic carbocycles. The highest BCUT2D eigenvalue weighted by molar-refractivity contribution is 6.00. The lowest BCUT2D eigenvalue weighted by molar-refractivity contribution is 0.0117. The van der Waals surface area contributed by atoms with Gasteiger partial charge in [0.2, 0.25) is 0 Å². The van der Waals surface area contributed by atoms with Gasteiger partial charge < -0.3 is 24.1 Å². The van der Waals surface area contributed by atoms with Crippen molar-refractivity contribution in [2.75, 3.05) is 24.5 Å². The maximum Gasteiger partial charge on any atom is 0.410 e. The van der Waals surface area contributed by atoms with E-state index in [1.807, 2.05) is 25.7 Å². The van der Waals surface area contributed by atoms with E-state index in [-0.39, 0.29) is 17.7 Å². The lowest BCUT2D eigenvalue weighted by Crippen LogP contribution is -2.56. The fraction of sp³-hybridized carbons (Fsp3) is 0.571. The highest BCUT2D eigenvalue weighted by atomic mass is 16.6. The van der Waals surface area contributed by atoms with Gasteiger partial charge in [-0.15, -0.1) is 0 Å². The molecule has 1 amide bonds. The van der Waals surface area contributed by atoms with Crippen molar-refractivity contribution in [3.8, 4) is 0 Å². The predicted octanol–water partition coefficient (Wildman–Crippen LogP) is 4.00. The zero-order valence-electron chi connectivity index (χ0n) is 17.6. The van der Waals surface area contributed by atoms with E-state index in [4.69, 9.17) is 9.15 Å². The van der Waals surface area contributed by atoms with Crippen molar-refractivity contribution >= 4 is 29.2 Å². The van der Waals surface area contributed by atoms with Crippen LogP contribution in [0.4, 0.5) is 10.8 Å². The fourth-order valence-electron chi connectivity index (χ4n) is 3.58. The van der Waals surface area contributed by atoms with E-state index in [1.54, 1.807) is 17.0 Å². The van der Waals surface area contributed by atoms with Gasteiger partial charge in [0.25, 0.3) is 6.01 Å². The van der Waals surface area contributed by atoms with Gasteiger partial charge in [-0.1, -0.05) is 19.9 Å². The van der Waals surface area contributed by atoms with Crippen molar-refractivity contribution in [1.29, 1.82) is 0 Å². The van der Waals surface area contributed by atoms with Crippen LogP contribution in [-0.2, 0) is 4.74 Å². The lowest BCUT2D eigenvalue weighted by Gasteiger charge is -2.41. The Morgan fingerprint density at radius 3 is 2.66 bits per heavy atom. The summed E-state index contributed by atoms with van der Waals surface area (Å²) in [5, 5.41) is 9.38. The molecule has 0 radical (unpaired) electrons. The van der Waals surface area contributed by atoms with Crippen LogP contribution in [0, 0.1) is 5.92 Å². The van der Waals surface area contributed by atoms with Crippen LogP contribution in [0.1, 0.15) is 51.4 Å². The molecule has 1 saturated heterocycles. The summed E-state index contributed by atoms with van der Waals surface area (Å²) in [6.07, 6.45) is 0.504. The largest absolute Gasteiger partial charge is 0.478 e. The fourth-order valence-corrected chi connectivity index (χ4v) is 3.58. The predicted molar refractivity (Wildman–Crippen MR) is 109 cm³/mol. The number of benzene rings is 1. The zero-order valence-corrected chi connectivity index (χ0v) is 17.6. The molecule has 1 aliphatic heterocycles. The molecule has 29 heavy (non-hydrogen) atoms. The Hall–Kier alpha value is -2.77. The molecule has 1 N–H and O–H groups in total. The third-order valence-electron chi connectivity index (χ3n) is 4.76. The summed E-state index contributed by atoms with van der Waals surface area (Å²) in [5.74, 6) is -0.644. The topological polar surface area (TPSA) is 96.1 Å². The molecule has 8 nitrogen and oxygen atoms in total. The summed E-state index contributed by atoms with van der Waals surface area (Å²) in [6.45, 7) is 11.4. The average Bonchev–Trinajstić information content (AvgIpc) is 3.03. The zero-order chi connectivity index (χ0) is 21.3. The highest BCUT2D eigenvalue weighted by Gasteiger charge is 2.35. The van der Waals surface area contributed by atoms with E-state index < -0.39 is 11.6 Å². The minimum Gasteiger partial charge on any atom is -0.478 e. The van der Waals surface area contributed by atoms with E-state index >= 15 is 0 Å². The first-order valence-corrected chi connectivity index (χ1v) is 9.92. The van der Waals surface area contributed by atoms with Gasteiger partial charge in [-0.05, 0) is 45.2 Å². The SMILES string of the molecule is CC(C)C[C@H]1CN(c2nc3c(C(=O)O)cccc3o2)CCN1C(=O)OC(C)(C)C. The second kappa shape index (κ2) is 7.93. The molecule has 0 saturated carbocycles. The van der Waals surface area contributed by atoms with Gasteiger partial charge in [-0.25, -0.2) is 9.59 Å². The van der Waals surface area contributed by atoms with Crippen LogP contribution in [0.15, 0.2) is 22.6 Å². The number of carboxylic acids is 1. The summed E-state index contributed by atoms with van der Waals surface area (Å²) >= 11 is 0. The van der Waals surface area contributed by atoms with Crippen molar-refractivity contribution in [3.05, 3.63) is 23.8 Å². The summed E-state index contributed by atoms with van der Waals surface area (Å²) in [4.78, 5) is 32.3. The highest BCUT2D eigenvalue weighted by Crippen LogP contribution is 2.28. The lowest BCUT2D eigenvalue weighted by atomic mass is 10.0. The molecule has 8 heteroatoms. The quantitative estimate of drug-likeness (QED) is 0.824. The number of piperazine rings is 1. The van der Waals surface area contributed by atoms with E-state index in [1.165, 1.54) is 6.07 Å². The van der Waals surface area contributed by atoms with Crippen LogP contribution in [0.3, 0.4) is 0 Å². The number of oxazole rings is 1. The van der Waals surface area contributed by atoms with Crippen molar-refractivity contribution in [1.82, 2.24) is 9.88 Å². The van der Waals surface area contributed by atoms with Gasteiger partial charge in [-0.2, -0.15) is 4.98 Å². The first-order valence-electron chi connectivity index (χ1n) is 9.92. The Balaban J connectivity index is 1.84. The molecule has 1 aliphatic rings. The molecular weight excluding hydrogens is 374 g/mol. The molecule has 0 spiro atoms. The van der Waals surface area contributed by atoms with Gasteiger partial charge >= 0.3 is 12.1 Å². The number of aromatic carboxylic acids is 1. The number of anilines is 1. The number of rotatable bonds is 4. The molecule has 3 rings (SSSR count). The molecule has 1 fully saturated rings. The van der Waals surface area contributed by atoms with Crippen LogP contribution in [0.2, 0.25) is 0 Å². The normalized spacial score (nSPS) is 17.8. The Bertz CT molecular complexity index is 899. The van der Waals surface area contributed by atoms with E-state index in [0.29, 0.717) is 42.7 Å². The Kier molecular flexibility index (Phi) is 5.73. The molecule has 158 valence electrons. The standard InChI is InChI=1S/C21H29N3O5/c1-13(2)11-14-12-23(9-10-24(14)20(27)29-21(3,4)5)19-22-17-15(18(25)26)7-6-8-16(17)28-19/h6-8,13-14H,9-12H2,1-5H3,(H,25,26)/t14-/m0/s1.